The van der Waals surface area contributed by atoms with Gasteiger partial charge in [-0.2, -0.15) is 5.26 Å². The summed E-state index contributed by atoms with van der Waals surface area (Å²) in [5.41, 5.74) is 0.738. The highest BCUT2D eigenvalue weighted by Crippen LogP contribution is 2.52. The number of β-lactam (4-membered cyclic amide) rings is 1. The Morgan fingerprint density at radius 1 is 1.30 bits per heavy atom. The van der Waals surface area contributed by atoms with E-state index in [1.807, 2.05) is 12.3 Å². The largest absolute Gasteiger partial charge is 0.460 e. The lowest BCUT2D eigenvalue weighted by Crippen LogP contribution is -2.71. The van der Waals surface area contributed by atoms with Gasteiger partial charge in [0.1, 0.15) is 35.6 Å². The number of nitrogens with one attached hydrogen (secondary N) is 2. The number of hydrogen-bond donors (Lipinski definition) is 2. The molecule has 1 saturated carbocycles. The smallest absolute Gasteiger partial charge is 0.340 e. The van der Waals surface area contributed by atoms with Crippen LogP contribution >= 0.6 is 58.3 Å². The number of thioether (sulfide) groups is 2. The standard InChI is InChI=1S/C25H27Cl3N4O6S2/c1-13(14-7-8-14)38-22(35)15-5-3-4-6-16(15)30-9-17(33)31-18-20(34)32-19(23(36)37-10-25(26,27)28)24(2,11-39-12-29)40-21(18)32/h3-6,13-14,18-19,21,30H,7-11H2,1-2H3,(H,31,33)/t13?,18?,19?,21-,24?/m1/s1. The normalized spacial score (nSPS) is 26.1. The SMILES string of the molecule is CC(OC(=O)c1ccccc1NCC(=O)NC1C(=O)N2C(C(=O)OCC(Cl)(Cl)Cl)C(C)(CSC#N)S[C@H]12)C1CC1. The van der Waals surface area contributed by atoms with Crippen molar-refractivity contribution >= 4 is 87.8 Å². The van der Waals surface area contributed by atoms with Crippen LogP contribution in [0.15, 0.2) is 24.3 Å². The first kappa shape index (κ1) is 30.9. The number of carbonyl (C=O) groups is 4. The second kappa shape index (κ2) is 12.4. The summed E-state index contributed by atoms with van der Waals surface area (Å²) < 4.78 is 8.01. The van der Waals surface area contributed by atoms with Crippen molar-refractivity contribution in [1.29, 1.82) is 5.26 Å². The van der Waals surface area contributed by atoms with Gasteiger partial charge in [-0.05, 0) is 56.5 Å². The molecule has 1 aliphatic carbocycles. The molecule has 15 heteroatoms. The van der Waals surface area contributed by atoms with Crippen LogP contribution in [0.4, 0.5) is 5.69 Å². The summed E-state index contributed by atoms with van der Waals surface area (Å²) in [4.78, 5) is 52.9. The molecular formula is C25H27Cl3N4O6S2. The summed E-state index contributed by atoms with van der Waals surface area (Å²) in [5.74, 6) is -1.58. The number of anilines is 1. The summed E-state index contributed by atoms with van der Waals surface area (Å²) >= 11 is 19.4. The van der Waals surface area contributed by atoms with Crippen LogP contribution in [0.1, 0.15) is 37.0 Å². The molecule has 2 N–H and O–H groups in total. The zero-order valence-electron chi connectivity index (χ0n) is 21.5. The summed E-state index contributed by atoms with van der Waals surface area (Å²) in [6.45, 7) is 2.90. The number of esters is 2. The van der Waals surface area contributed by atoms with Crippen LogP contribution in [0, 0.1) is 16.6 Å². The maximum Gasteiger partial charge on any atom is 0.340 e. The molecule has 40 heavy (non-hydrogen) atoms. The monoisotopic (exact) mass is 648 g/mol. The van der Waals surface area contributed by atoms with Gasteiger partial charge in [-0.25, -0.2) is 9.59 Å². The summed E-state index contributed by atoms with van der Waals surface area (Å²) in [7, 11) is 0. The molecule has 2 heterocycles. The van der Waals surface area contributed by atoms with Gasteiger partial charge < -0.3 is 25.0 Å². The van der Waals surface area contributed by atoms with E-state index in [4.69, 9.17) is 49.5 Å². The number of para-hydroxylation sites is 1. The molecule has 2 amide bonds. The maximum absolute atomic E-state index is 13.1. The Kier molecular flexibility index (Phi) is 9.62. The van der Waals surface area contributed by atoms with Gasteiger partial charge in [0.05, 0.1) is 16.9 Å². The third-order valence-corrected chi connectivity index (χ3v) is 9.86. The highest BCUT2D eigenvalue weighted by Gasteiger charge is 2.66. The first-order chi connectivity index (χ1) is 18.8. The molecule has 0 aromatic heterocycles. The number of rotatable bonds is 11. The topological polar surface area (TPSA) is 138 Å². The lowest BCUT2D eigenvalue weighted by molar-refractivity contribution is -0.164. The Labute approximate surface area is 255 Å². The average molecular weight is 650 g/mol. The molecule has 216 valence electrons. The van der Waals surface area contributed by atoms with Crippen molar-refractivity contribution < 1.29 is 28.7 Å². The Hall–Kier alpha value is -2.04. The molecule has 3 fully saturated rings. The molecule has 0 bridgehead atoms. The van der Waals surface area contributed by atoms with Gasteiger partial charge in [0, 0.05) is 11.4 Å². The van der Waals surface area contributed by atoms with Crippen LogP contribution < -0.4 is 10.6 Å². The number of benzene rings is 1. The molecule has 5 atom stereocenters. The summed E-state index contributed by atoms with van der Waals surface area (Å²) in [6, 6.07) is 4.79. The first-order valence-corrected chi connectivity index (χ1v) is 15.4. The van der Waals surface area contributed by atoms with Gasteiger partial charge in [-0.15, -0.1) is 11.8 Å². The summed E-state index contributed by atoms with van der Waals surface area (Å²) in [6.07, 6.45) is 1.90. The predicted octanol–water partition coefficient (Wildman–Crippen LogP) is 3.71. The number of ether oxygens (including phenoxy) is 2. The molecule has 1 aromatic rings. The molecule has 3 aliphatic rings. The van der Waals surface area contributed by atoms with Gasteiger partial charge in [-0.1, -0.05) is 46.9 Å². The molecule has 10 nitrogen and oxygen atoms in total. The van der Waals surface area contributed by atoms with Crippen LogP contribution in [0.3, 0.4) is 0 Å². The van der Waals surface area contributed by atoms with Gasteiger partial charge in [0.25, 0.3) is 0 Å². The number of hydrogen-bond acceptors (Lipinski definition) is 10. The van der Waals surface area contributed by atoms with Gasteiger partial charge in [-0.3, -0.25) is 9.59 Å². The number of nitrogens with zero attached hydrogens (tertiary/aromatic N) is 2. The van der Waals surface area contributed by atoms with E-state index in [9.17, 15) is 19.2 Å². The van der Waals surface area contributed by atoms with E-state index in [0.717, 1.165) is 24.6 Å². The minimum Gasteiger partial charge on any atom is -0.460 e. The highest BCUT2D eigenvalue weighted by atomic mass is 35.6. The molecule has 2 saturated heterocycles. The predicted molar refractivity (Wildman–Crippen MR) is 154 cm³/mol. The number of carbonyl (C=O) groups excluding carboxylic acids is 4. The minimum atomic E-state index is -1.83. The summed E-state index contributed by atoms with van der Waals surface area (Å²) in [5, 5.41) is 16.2. The molecule has 0 spiro atoms. The number of amides is 2. The van der Waals surface area contributed by atoms with Crippen molar-refractivity contribution in [2.24, 2.45) is 5.92 Å². The van der Waals surface area contributed by atoms with Crippen molar-refractivity contribution in [3.63, 3.8) is 0 Å². The lowest BCUT2D eigenvalue weighted by Gasteiger charge is -2.44. The number of alkyl halides is 3. The van der Waals surface area contributed by atoms with E-state index >= 15 is 0 Å². The van der Waals surface area contributed by atoms with Crippen molar-refractivity contribution in [3.8, 4) is 5.40 Å². The molecule has 2 aliphatic heterocycles. The number of fused-ring (bicyclic) bond motifs is 1. The second-order valence-electron chi connectivity index (χ2n) is 9.96. The van der Waals surface area contributed by atoms with Crippen LogP contribution in [-0.2, 0) is 23.9 Å². The van der Waals surface area contributed by atoms with E-state index in [0.29, 0.717) is 17.2 Å². The zero-order chi connectivity index (χ0) is 29.2. The fourth-order valence-corrected chi connectivity index (χ4v) is 7.32. The van der Waals surface area contributed by atoms with Gasteiger partial charge in [0.15, 0.2) is 0 Å². The fourth-order valence-electron chi connectivity index (χ4n) is 4.65. The van der Waals surface area contributed by atoms with E-state index < -0.39 is 56.4 Å². The van der Waals surface area contributed by atoms with Gasteiger partial charge in [0.2, 0.25) is 15.6 Å². The van der Waals surface area contributed by atoms with Crippen LogP contribution in [0.2, 0.25) is 0 Å². The Balaban J connectivity index is 1.38. The maximum atomic E-state index is 13.1. The van der Waals surface area contributed by atoms with E-state index in [-0.39, 0.29) is 18.4 Å². The van der Waals surface area contributed by atoms with E-state index in [1.165, 1.54) is 16.7 Å². The molecular weight excluding hydrogens is 623 g/mol. The molecule has 4 rings (SSSR count). The van der Waals surface area contributed by atoms with Crippen LogP contribution in [-0.4, -0.2) is 79.7 Å². The van der Waals surface area contributed by atoms with Crippen LogP contribution in [0.5, 0.6) is 0 Å². The van der Waals surface area contributed by atoms with Crippen molar-refractivity contribution in [1.82, 2.24) is 10.2 Å². The third-order valence-electron chi connectivity index (χ3n) is 6.83. The molecule has 4 unspecified atom stereocenters. The van der Waals surface area contributed by atoms with E-state index in [2.05, 4.69) is 10.6 Å². The second-order valence-corrected chi connectivity index (χ2v) is 14.9. The highest BCUT2D eigenvalue weighted by molar-refractivity contribution is 8.06. The quantitative estimate of drug-likeness (QED) is 0.158. The zero-order valence-corrected chi connectivity index (χ0v) is 25.4. The van der Waals surface area contributed by atoms with Crippen molar-refractivity contribution in [2.75, 3.05) is 24.2 Å². The van der Waals surface area contributed by atoms with Crippen LogP contribution in [0.25, 0.3) is 0 Å². The van der Waals surface area contributed by atoms with Crippen molar-refractivity contribution in [2.45, 2.75) is 58.8 Å². The van der Waals surface area contributed by atoms with Gasteiger partial charge >= 0.3 is 11.9 Å². The van der Waals surface area contributed by atoms with E-state index in [1.54, 1.807) is 31.2 Å². The lowest BCUT2D eigenvalue weighted by atomic mass is 9.95. The molecule has 1 aromatic carbocycles. The average Bonchev–Trinajstić information content (AvgIpc) is 3.72. The van der Waals surface area contributed by atoms with Crippen molar-refractivity contribution in [3.05, 3.63) is 29.8 Å². The number of nitriles is 1. The molecule has 0 radical (unpaired) electrons. The number of thiocyanates is 1. The fraction of sp³-hybridized carbons (Fsp3) is 0.560. The third kappa shape index (κ3) is 7.05. The Morgan fingerprint density at radius 2 is 2.00 bits per heavy atom. The first-order valence-electron chi connectivity index (χ1n) is 12.4. The minimum absolute atomic E-state index is 0.180. The Morgan fingerprint density at radius 3 is 2.65 bits per heavy atom. The number of halogens is 3. The Bertz CT molecular complexity index is 1220.